The summed E-state index contributed by atoms with van der Waals surface area (Å²) in [5.74, 6) is 0.544. The molecule has 3 aromatic rings. The quantitative estimate of drug-likeness (QED) is 0.758. The van der Waals surface area contributed by atoms with E-state index in [1.165, 1.54) is 0 Å². The molecule has 1 aliphatic rings. The lowest BCUT2D eigenvalue weighted by atomic mass is 9.99. The molecule has 2 aromatic carbocycles. The van der Waals surface area contributed by atoms with Crippen LogP contribution >= 0.6 is 0 Å². The lowest BCUT2D eigenvalue weighted by Gasteiger charge is -2.10. The Kier molecular flexibility index (Phi) is 4.93. The van der Waals surface area contributed by atoms with Gasteiger partial charge in [-0.1, -0.05) is 36.4 Å². The molecule has 1 fully saturated rings. The number of hydrogen-bond donors (Lipinski definition) is 1. The van der Waals surface area contributed by atoms with Crippen molar-refractivity contribution in [3.63, 3.8) is 0 Å². The summed E-state index contributed by atoms with van der Waals surface area (Å²) in [4.78, 5) is 16.9. The summed E-state index contributed by atoms with van der Waals surface area (Å²) >= 11 is 0. The number of fused-ring (bicyclic) bond motifs is 1. The molecule has 0 unspecified atom stereocenters. The molecule has 26 heavy (non-hydrogen) atoms. The monoisotopic (exact) mass is 346 g/mol. The van der Waals surface area contributed by atoms with Crippen molar-refractivity contribution >= 4 is 16.7 Å². The van der Waals surface area contributed by atoms with E-state index < -0.39 is 0 Å². The fourth-order valence-corrected chi connectivity index (χ4v) is 3.48. The van der Waals surface area contributed by atoms with Gasteiger partial charge < -0.3 is 10.1 Å². The lowest BCUT2D eigenvalue weighted by molar-refractivity contribution is 0.0950. The second kappa shape index (κ2) is 7.67. The van der Waals surface area contributed by atoms with Crippen molar-refractivity contribution in [1.29, 1.82) is 0 Å². The van der Waals surface area contributed by atoms with E-state index in [0.717, 1.165) is 48.0 Å². The molecule has 0 radical (unpaired) electrons. The Morgan fingerprint density at radius 1 is 1.15 bits per heavy atom. The summed E-state index contributed by atoms with van der Waals surface area (Å²) < 4.78 is 5.38. The van der Waals surface area contributed by atoms with Crippen LogP contribution in [0.1, 0.15) is 23.2 Å². The molecule has 132 valence electrons. The number of aromatic nitrogens is 1. The Balaban J connectivity index is 1.51. The first-order valence-corrected chi connectivity index (χ1v) is 9.10. The average molecular weight is 346 g/mol. The normalized spacial score (nSPS) is 16.7. The predicted octanol–water partition coefficient (Wildman–Crippen LogP) is 4.06. The zero-order chi connectivity index (χ0) is 17.8. The summed E-state index contributed by atoms with van der Waals surface area (Å²) in [6.07, 6.45) is 5.79. The Labute approximate surface area is 153 Å². The molecule has 1 aromatic heterocycles. The maximum absolute atomic E-state index is 12.5. The minimum absolute atomic E-state index is 0.0287. The average Bonchev–Trinajstić information content (AvgIpc) is 3.21. The first-order chi connectivity index (χ1) is 12.8. The van der Waals surface area contributed by atoms with Gasteiger partial charge in [-0.15, -0.1) is 0 Å². The van der Waals surface area contributed by atoms with Crippen molar-refractivity contribution in [2.45, 2.75) is 12.8 Å². The van der Waals surface area contributed by atoms with Gasteiger partial charge in [-0.2, -0.15) is 0 Å². The van der Waals surface area contributed by atoms with E-state index in [0.29, 0.717) is 18.0 Å². The maximum atomic E-state index is 12.5. The zero-order valence-corrected chi connectivity index (χ0v) is 14.7. The molecule has 0 bridgehead atoms. The Morgan fingerprint density at radius 3 is 2.96 bits per heavy atom. The van der Waals surface area contributed by atoms with Crippen LogP contribution in [0.15, 0.2) is 60.9 Å². The molecule has 4 heteroatoms. The number of hydrogen-bond acceptors (Lipinski definition) is 3. The number of nitrogens with zero attached hydrogens (tertiary/aromatic N) is 1. The summed E-state index contributed by atoms with van der Waals surface area (Å²) in [5, 5.41) is 5.27. The van der Waals surface area contributed by atoms with Gasteiger partial charge in [-0.05, 0) is 41.8 Å². The smallest absolute Gasteiger partial charge is 0.251 e. The second-order valence-electron chi connectivity index (χ2n) is 6.76. The van der Waals surface area contributed by atoms with E-state index in [9.17, 15) is 4.79 Å². The van der Waals surface area contributed by atoms with E-state index in [-0.39, 0.29) is 5.91 Å². The standard InChI is InChI=1S/C22H22N2O2/c25-22(24-10-8-16-9-11-26-15-16)18-6-3-5-17(12-18)21-14-23-13-19-4-1-2-7-20(19)21/h1-7,12-14,16H,8-11,15H2,(H,24,25)/t16-/m0/s1. The summed E-state index contributed by atoms with van der Waals surface area (Å²) in [5.41, 5.74) is 2.73. The number of nitrogens with one attached hydrogen (secondary N) is 1. The zero-order valence-electron chi connectivity index (χ0n) is 14.7. The SMILES string of the molecule is O=C(NCC[C@H]1CCOC1)c1cccc(-c2cncc3ccccc23)c1. The van der Waals surface area contributed by atoms with E-state index in [2.05, 4.69) is 22.4 Å². The molecule has 1 atom stereocenters. The molecule has 4 nitrogen and oxygen atoms in total. The third kappa shape index (κ3) is 3.60. The Morgan fingerprint density at radius 2 is 2.08 bits per heavy atom. The highest BCUT2D eigenvalue weighted by molar-refractivity contribution is 5.99. The summed E-state index contributed by atoms with van der Waals surface area (Å²) in [7, 11) is 0. The first-order valence-electron chi connectivity index (χ1n) is 9.10. The number of amides is 1. The van der Waals surface area contributed by atoms with Crippen LogP contribution in [0, 0.1) is 5.92 Å². The Hall–Kier alpha value is -2.72. The highest BCUT2D eigenvalue weighted by atomic mass is 16.5. The largest absolute Gasteiger partial charge is 0.381 e. The number of benzene rings is 2. The minimum atomic E-state index is -0.0287. The topological polar surface area (TPSA) is 51.2 Å². The molecule has 0 spiro atoms. The second-order valence-corrected chi connectivity index (χ2v) is 6.76. The van der Waals surface area contributed by atoms with Gasteiger partial charge in [0.2, 0.25) is 0 Å². The molecule has 2 heterocycles. The molecular weight excluding hydrogens is 324 g/mol. The highest BCUT2D eigenvalue weighted by Gasteiger charge is 2.16. The molecule has 1 saturated heterocycles. The molecule has 1 aliphatic heterocycles. The fourth-order valence-electron chi connectivity index (χ4n) is 3.48. The van der Waals surface area contributed by atoms with Gasteiger partial charge in [0, 0.05) is 48.7 Å². The summed E-state index contributed by atoms with van der Waals surface area (Å²) in [6, 6.07) is 15.9. The first kappa shape index (κ1) is 16.7. The van der Waals surface area contributed by atoms with Gasteiger partial charge in [-0.3, -0.25) is 9.78 Å². The van der Waals surface area contributed by atoms with Crippen molar-refractivity contribution in [1.82, 2.24) is 10.3 Å². The van der Waals surface area contributed by atoms with E-state index in [1.54, 1.807) is 0 Å². The van der Waals surface area contributed by atoms with Crippen LogP contribution in [0.3, 0.4) is 0 Å². The van der Waals surface area contributed by atoms with Gasteiger partial charge >= 0.3 is 0 Å². The fraction of sp³-hybridized carbons (Fsp3) is 0.273. The highest BCUT2D eigenvalue weighted by Crippen LogP contribution is 2.28. The molecule has 0 saturated carbocycles. The van der Waals surface area contributed by atoms with Crippen LogP contribution in [-0.4, -0.2) is 30.6 Å². The molecular formula is C22H22N2O2. The molecule has 4 rings (SSSR count). The van der Waals surface area contributed by atoms with Gasteiger partial charge in [0.15, 0.2) is 0 Å². The van der Waals surface area contributed by atoms with E-state index in [4.69, 9.17) is 4.74 Å². The third-order valence-corrected chi connectivity index (χ3v) is 4.97. The lowest BCUT2D eigenvalue weighted by Crippen LogP contribution is -2.26. The molecule has 1 N–H and O–H groups in total. The number of ether oxygens (including phenoxy) is 1. The van der Waals surface area contributed by atoms with Crippen LogP contribution in [0.2, 0.25) is 0 Å². The van der Waals surface area contributed by atoms with Gasteiger partial charge in [0.25, 0.3) is 5.91 Å². The number of rotatable bonds is 5. The summed E-state index contributed by atoms with van der Waals surface area (Å²) in [6.45, 7) is 2.35. The Bertz CT molecular complexity index is 911. The van der Waals surface area contributed by atoms with Crippen LogP contribution in [-0.2, 0) is 4.74 Å². The van der Waals surface area contributed by atoms with E-state index >= 15 is 0 Å². The minimum Gasteiger partial charge on any atom is -0.381 e. The maximum Gasteiger partial charge on any atom is 0.251 e. The van der Waals surface area contributed by atoms with Crippen LogP contribution in [0.25, 0.3) is 21.9 Å². The number of carbonyl (C=O) groups excluding carboxylic acids is 1. The van der Waals surface area contributed by atoms with Crippen molar-refractivity contribution in [2.75, 3.05) is 19.8 Å². The van der Waals surface area contributed by atoms with Crippen molar-refractivity contribution < 1.29 is 9.53 Å². The van der Waals surface area contributed by atoms with Gasteiger partial charge in [-0.25, -0.2) is 0 Å². The number of carbonyl (C=O) groups is 1. The van der Waals surface area contributed by atoms with Crippen molar-refractivity contribution in [2.24, 2.45) is 5.92 Å². The molecule has 1 amide bonds. The predicted molar refractivity (Wildman–Crippen MR) is 103 cm³/mol. The van der Waals surface area contributed by atoms with E-state index in [1.807, 2.05) is 48.8 Å². The molecule has 0 aliphatic carbocycles. The van der Waals surface area contributed by atoms with Crippen molar-refractivity contribution in [3.05, 3.63) is 66.5 Å². The van der Waals surface area contributed by atoms with Crippen LogP contribution < -0.4 is 5.32 Å². The van der Waals surface area contributed by atoms with Gasteiger partial charge in [0.1, 0.15) is 0 Å². The van der Waals surface area contributed by atoms with Crippen LogP contribution in [0.5, 0.6) is 0 Å². The van der Waals surface area contributed by atoms with Gasteiger partial charge in [0.05, 0.1) is 0 Å². The third-order valence-electron chi connectivity index (χ3n) is 4.97. The van der Waals surface area contributed by atoms with Crippen LogP contribution in [0.4, 0.5) is 0 Å². The van der Waals surface area contributed by atoms with Crippen molar-refractivity contribution in [3.8, 4) is 11.1 Å². The number of pyridine rings is 1.